The van der Waals surface area contributed by atoms with Crippen molar-refractivity contribution in [3.63, 3.8) is 0 Å². The van der Waals surface area contributed by atoms with Gasteiger partial charge in [0.25, 0.3) is 0 Å². The summed E-state index contributed by atoms with van der Waals surface area (Å²) in [6.45, 7) is 7.98. The highest BCUT2D eigenvalue weighted by Gasteiger charge is 2.28. The van der Waals surface area contributed by atoms with E-state index in [-0.39, 0.29) is 5.54 Å². The second kappa shape index (κ2) is 6.10. The molecule has 1 aromatic carbocycles. The standard InChI is InChI=1S/C19H27NS/c1-19(2,3)20-12-15-8-6-7-14(15)11-16-13-21-18-10-5-4-9-17(16)18/h4-5,9-10,13-15,20H,6-8,11-12H2,1-3H3. The first-order chi connectivity index (χ1) is 10.0. The number of hydrogen-bond donors (Lipinski definition) is 1. The Morgan fingerprint density at radius 1 is 1.14 bits per heavy atom. The second-order valence-corrected chi connectivity index (χ2v) is 8.45. The van der Waals surface area contributed by atoms with Crippen LogP contribution in [0.25, 0.3) is 10.1 Å². The van der Waals surface area contributed by atoms with Gasteiger partial charge in [0.1, 0.15) is 0 Å². The molecule has 0 spiro atoms. The van der Waals surface area contributed by atoms with E-state index in [0.29, 0.717) is 0 Å². The van der Waals surface area contributed by atoms with Crippen molar-refractivity contribution in [2.24, 2.45) is 11.8 Å². The fourth-order valence-electron chi connectivity index (χ4n) is 3.56. The van der Waals surface area contributed by atoms with Crippen LogP contribution in [0.5, 0.6) is 0 Å². The first kappa shape index (κ1) is 15.1. The summed E-state index contributed by atoms with van der Waals surface area (Å²) in [5.41, 5.74) is 1.81. The lowest BCUT2D eigenvalue weighted by Gasteiger charge is -2.26. The molecule has 1 aliphatic carbocycles. The van der Waals surface area contributed by atoms with Crippen molar-refractivity contribution in [1.29, 1.82) is 0 Å². The maximum absolute atomic E-state index is 3.71. The largest absolute Gasteiger partial charge is 0.312 e. The zero-order valence-electron chi connectivity index (χ0n) is 13.5. The summed E-state index contributed by atoms with van der Waals surface area (Å²) in [5, 5.41) is 7.58. The highest BCUT2D eigenvalue weighted by Crippen LogP contribution is 2.37. The van der Waals surface area contributed by atoms with Crippen molar-refractivity contribution in [2.75, 3.05) is 6.54 Å². The van der Waals surface area contributed by atoms with E-state index in [2.05, 4.69) is 55.7 Å². The third-order valence-electron chi connectivity index (χ3n) is 4.75. The zero-order chi connectivity index (χ0) is 14.9. The highest BCUT2D eigenvalue weighted by atomic mass is 32.1. The summed E-state index contributed by atoms with van der Waals surface area (Å²) in [6.07, 6.45) is 5.47. The zero-order valence-corrected chi connectivity index (χ0v) is 14.3. The summed E-state index contributed by atoms with van der Waals surface area (Å²) in [5.74, 6) is 1.71. The molecule has 1 aliphatic rings. The molecule has 2 aromatic rings. The molecule has 1 heterocycles. The number of nitrogens with one attached hydrogen (secondary N) is 1. The van der Waals surface area contributed by atoms with Crippen molar-refractivity contribution >= 4 is 21.4 Å². The highest BCUT2D eigenvalue weighted by molar-refractivity contribution is 7.17. The number of hydrogen-bond acceptors (Lipinski definition) is 2. The molecule has 0 radical (unpaired) electrons. The maximum atomic E-state index is 3.71. The topological polar surface area (TPSA) is 12.0 Å². The Bertz CT molecular complexity index is 593. The van der Waals surface area contributed by atoms with E-state index in [1.54, 1.807) is 5.56 Å². The lowest BCUT2D eigenvalue weighted by atomic mass is 9.89. The van der Waals surface area contributed by atoms with Crippen LogP contribution in [0.4, 0.5) is 0 Å². The minimum Gasteiger partial charge on any atom is -0.312 e. The molecule has 1 fully saturated rings. The second-order valence-electron chi connectivity index (χ2n) is 7.54. The van der Waals surface area contributed by atoms with Gasteiger partial charge in [-0.25, -0.2) is 0 Å². The van der Waals surface area contributed by atoms with Crippen LogP contribution in [-0.4, -0.2) is 12.1 Å². The minimum absolute atomic E-state index is 0.238. The fraction of sp³-hybridized carbons (Fsp3) is 0.579. The predicted octanol–water partition coefficient (Wildman–Crippen LogP) is 5.25. The number of benzene rings is 1. The van der Waals surface area contributed by atoms with Gasteiger partial charge in [-0.3, -0.25) is 0 Å². The van der Waals surface area contributed by atoms with Gasteiger partial charge < -0.3 is 5.32 Å². The smallest absolute Gasteiger partial charge is 0.0345 e. The molecule has 0 amide bonds. The summed E-state index contributed by atoms with van der Waals surface area (Å²) < 4.78 is 1.44. The van der Waals surface area contributed by atoms with Gasteiger partial charge in [-0.15, -0.1) is 11.3 Å². The molecule has 3 rings (SSSR count). The molecule has 1 saturated carbocycles. The average molecular weight is 301 g/mol. The predicted molar refractivity (Wildman–Crippen MR) is 94.1 cm³/mol. The van der Waals surface area contributed by atoms with Gasteiger partial charge in [-0.05, 0) is 80.8 Å². The number of thiophene rings is 1. The Balaban J connectivity index is 1.68. The van der Waals surface area contributed by atoms with E-state index < -0.39 is 0 Å². The van der Waals surface area contributed by atoms with Crippen molar-refractivity contribution < 1.29 is 0 Å². The summed E-state index contributed by atoms with van der Waals surface area (Å²) >= 11 is 1.90. The van der Waals surface area contributed by atoms with E-state index in [0.717, 1.165) is 11.8 Å². The van der Waals surface area contributed by atoms with Gasteiger partial charge in [0.15, 0.2) is 0 Å². The van der Waals surface area contributed by atoms with Crippen molar-refractivity contribution in [1.82, 2.24) is 5.32 Å². The number of rotatable bonds is 4. The van der Waals surface area contributed by atoms with Crippen LogP contribution in [0.15, 0.2) is 29.6 Å². The molecule has 2 atom stereocenters. The molecule has 114 valence electrons. The Labute approximate surface area is 132 Å². The lowest BCUT2D eigenvalue weighted by molar-refractivity contribution is 0.317. The summed E-state index contributed by atoms with van der Waals surface area (Å²) in [6, 6.07) is 8.86. The molecule has 0 saturated heterocycles. The molecule has 1 aromatic heterocycles. The van der Waals surface area contributed by atoms with Gasteiger partial charge in [-0.1, -0.05) is 24.6 Å². The van der Waals surface area contributed by atoms with Crippen LogP contribution in [0.1, 0.15) is 45.6 Å². The molecular weight excluding hydrogens is 274 g/mol. The fourth-order valence-corrected chi connectivity index (χ4v) is 4.54. The Kier molecular flexibility index (Phi) is 4.37. The van der Waals surface area contributed by atoms with Crippen LogP contribution >= 0.6 is 11.3 Å². The first-order valence-electron chi connectivity index (χ1n) is 8.23. The third-order valence-corrected chi connectivity index (χ3v) is 5.77. The van der Waals surface area contributed by atoms with Gasteiger partial charge in [0.05, 0.1) is 0 Å². The third kappa shape index (κ3) is 3.67. The van der Waals surface area contributed by atoms with Crippen LogP contribution in [-0.2, 0) is 6.42 Å². The van der Waals surface area contributed by atoms with Gasteiger partial charge >= 0.3 is 0 Å². The first-order valence-corrected chi connectivity index (χ1v) is 9.11. The molecule has 1 N–H and O–H groups in total. The van der Waals surface area contributed by atoms with Crippen molar-refractivity contribution in [3.8, 4) is 0 Å². The average Bonchev–Trinajstić information content (AvgIpc) is 3.04. The quantitative estimate of drug-likeness (QED) is 0.813. The Hall–Kier alpha value is -0.860. The van der Waals surface area contributed by atoms with Crippen molar-refractivity contribution in [2.45, 2.75) is 52.0 Å². The molecule has 2 heteroatoms. The van der Waals surface area contributed by atoms with E-state index >= 15 is 0 Å². The van der Waals surface area contributed by atoms with Gasteiger partial charge in [0.2, 0.25) is 0 Å². The molecule has 0 aliphatic heterocycles. The van der Waals surface area contributed by atoms with Crippen LogP contribution in [0.3, 0.4) is 0 Å². The molecular formula is C19H27NS. The molecule has 2 unspecified atom stereocenters. The van der Waals surface area contributed by atoms with Crippen molar-refractivity contribution in [3.05, 3.63) is 35.2 Å². The molecule has 0 bridgehead atoms. The maximum Gasteiger partial charge on any atom is 0.0345 e. The summed E-state index contributed by atoms with van der Waals surface area (Å²) in [4.78, 5) is 0. The molecule has 21 heavy (non-hydrogen) atoms. The van der Waals surface area contributed by atoms with E-state index in [9.17, 15) is 0 Å². The number of fused-ring (bicyclic) bond motifs is 1. The van der Waals surface area contributed by atoms with Gasteiger partial charge in [-0.2, -0.15) is 0 Å². The monoisotopic (exact) mass is 301 g/mol. The lowest BCUT2D eigenvalue weighted by Crippen LogP contribution is -2.40. The van der Waals surface area contributed by atoms with Crippen LogP contribution in [0, 0.1) is 11.8 Å². The van der Waals surface area contributed by atoms with E-state index in [1.165, 1.54) is 42.3 Å². The molecule has 1 nitrogen and oxygen atoms in total. The normalized spacial score (nSPS) is 23.0. The minimum atomic E-state index is 0.238. The Morgan fingerprint density at radius 2 is 1.90 bits per heavy atom. The van der Waals surface area contributed by atoms with E-state index in [4.69, 9.17) is 0 Å². The van der Waals surface area contributed by atoms with E-state index in [1.807, 2.05) is 11.3 Å². The Morgan fingerprint density at radius 3 is 2.71 bits per heavy atom. The van der Waals surface area contributed by atoms with Crippen LogP contribution in [0.2, 0.25) is 0 Å². The summed E-state index contributed by atoms with van der Waals surface area (Å²) in [7, 11) is 0. The SMILES string of the molecule is CC(C)(C)NCC1CCCC1Cc1csc2ccccc12. The van der Waals surface area contributed by atoms with Crippen LogP contribution < -0.4 is 5.32 Å². The van der Waals surface area contributed by atoms with Gasteiger partial charge in [0, 0.05) is 10.2 Å².